The molecule has 0 radical (unpaired) electrons. The molecule has 25 nitrogen and oxygen atoms in total. The highest BCUT2D eigenvalue weighted by atomic mass is 16.3. The third-order valence-corrected chi connectivity index (χ3v) is 8.04. The number of aryl methyl sites for hydroxylation is 2. The molecule has 0 saturated carbocycles. The molecule has 3 rings (SSSR count). The van der Waals surface area contributed by atoms with Crippen LogP contribution in [0.1, 0.15) is 229 Å². The first-order valence-corrected chi connectivity index (χ1v) is 30.8. The number of aliphatic hydroxyl groups is 1. The number of aliphatic hydroxyl groups excluding tert-OH is 1. The minimum Gasteiger partial charge on any atom is -0.394 e. The molecule has 0 aliphatic carbocycles. The van der Waals surface area contributed by atoms with Gasteiger partial charge in [-0.1, -0.05) is 237 Å². The molecule has 1 saturated heterocycles. The molecular weight excluding hydrogens is 1250 g/mol. The smallest absolute Gasteiger partial charge is 0.219 e. The van der Waals surface area contributed by atoms with Crippen LogP contribution in [0.4, 0.5) is 0 Å². The summed E-state index contributed by atoms with van der Waals surface area (Å²) >= 11 is 0. The van der Waals surface area contributed by atoms with Crippen LogP contribution in [0.25, 0.3) is 0 Å². The van der Waals surface area contributed by atoms with E-state index in [0.717, 1.165) is 61.9 Å². The molecule has 1 aliphatic rings. The molecule has 2 aromatic rings. The minimum atomic E-state index is -0.167. The molecule has 0 aromatic heterocycles. The van der Waals surface area contributed by atoms with Crippen molar-refractivity contribution in [1.29, 1.82) is 0 Å². The Morgan fingerprint density at radius 2 is 0.531 bits per heavy atom. The van der Waals surface area contributed by atoms with Crippen LogP contribution < -0.4 is 65.6 Å². The largest absolute Gasteiger partial charge is 0.394 e. The lowest BCUT2D eigenvalue weighted by Crippen LogP contribution is -2.33. The standard InChI is InChI=1S/2C8H10.C7H13NO.4C5H12.C5H10.C4H10.C3H8O.C2H6.5CH5N.11CH2O.6H3N/c2*1-2-8-6-4-3-5-7-8;1-7(9)8-5-3-2-4-6-8;4*1-4-5(2)3;1-3-5-4-2;1-4(2)3;1-3(2)4;17*1-2;;;;;;/h2*3-7H,2H2,1H3;2-6H2,1H3;4*5H,4H2,1-3H3;3,5H,4H2,1-2H3;4H,1-3H3;3-4H,1-2H3;1-2H3;5*2H2,1H3;11*1H2;6*1H3/b;;;;;;;5-3-;;;;;;;;;;;;;;;;;;;;;;;;;. The van der Waals surface area contributed by atoms with Crippen LogP contribution in [0.3, 0.4) is 0 Å². The molecule has 1 heterocycles. The number of rotatable bonds is 7. The Balaban J connectivity index is -0.0000000178. The van der Waals surface area contributed by atoms with Crippen molar-refractivity contribution in [3.05, 3.63) is 83.9 Å². The monoisotopic (exact) mass is 1430 g/mol. The lowest BCUT2D eigenvalue weighted by atomic mass is 10.1. The number of allylic oxidation sites excluding steroid dienone is 2. The van der Waals surface area contributed by atoms with E-state index in [1.54, 1.807) is 20.8 Å². The number of hydrogen-bond acceptors (Lipinski definition) is 24. The summed E-state index contributed by atoms with van der Waals surface area (Å²) in [5.41, 5.74) is 25.3. The van der Waals surface area contributed by atoms with Crippen LogP contribution in [0.5, 0.6) is 0 Å². The van der Waals surface area contributed by atoms with Gasteiger partial charge in [0, 0.05) is 26.1 Å². The number of benzene rings is 2. The first-order chi connectivity index (χ1) is 44.1. The Hall–Kier alpha value is -6.46. The Bertz CT molecular complexity index is 1110. The van der Waals surface area contributed by atoms with E-state index in [1.165, 1.54) is 91.3 Å². The first-order valence-electron chi connectivity index (χ1n) is 30.8. The minimum absolute atomic E-state index is 0. The van der Waals surface area contributed by atoms with E-state index >= 15 is 0 Å². The SMILES string of the molecule is C/C=C\CC.C=O.C=O.C=O.C=O.C=O.C=O.C=O.C=O.C=O.C=O.C=O.CC.CC(=O)N1CCCCC1.CC(C)C.CC(C)O.CCC(C)C.CCC(C)C.CCC(C)C.CCC(C)C.CCc1ccccc1.CCc1ccccc1.CN.CN.CN.CN.CN.N.N.N.N.N.N. The maximum atomic E-state index is 10.7. The molecule has 98 heavy (non-hydrogen) atoms. The third-order valence-electron chi connectivity index (χ3n) is 8.04. The van der Waals surface area contributed by atoms with Gasteiger partial charge in [-0.05, 0) is 135 Å². The van der Waals surface area contributed by atoms with Crippen molar-refractivity contribution in [2.24, 2.45) is 58.3 Å². The number of piperidine rings is 1. The summed E-state index contributed by atoms with van der Waals surface area (Å²) in [7, 11) is 7.50. The molecule has 25 heteroatoms. The maximum Gasteiger partial charge on any atom is 0.219 e. The van der Waals surface area contributed by atoms with Gasteiger partial charge in [-0.25, -0.2) is 0 Å². The zero-order chi connectivity index (χ0) is 80.7. The van der Waals surface area contributed by atoms with Crippen LogP contribution in [-0.4, -0.2) is 145 Å². The summed E-state index contributed by atoms with van der Waals surface area (Å²) in [6.07, 6.45) is 16.4. The quantitative estimate of drug-likeness (QED) is 0.115. The molecule has 1 aliphatic heterocycles. The number of likely N-dealkylation sites (tertiary alicyclic amines) is 1. The van der Waals surface area contributed by atoms with E-state index in [-0.39, 0.29) is 48.9 Å². The second-order valence-electron chi connectivity index (χ2n) is 17.3. The summed E-state index contributed by atoms with van der Waals surface area (Å²) in [4.78, 5) is 101. The molecule has 0 atom stereocenters. The van der Waals surface area contributed by atoms with Gasteiger partial charge in [0.05, 0.1) is 0 Å². The van der Waals surface area contributed by atoms with Crippen molar-refractivity contribution in [3.8, 4) is 0 Å². The van der Waals surface area contributed by atoms with E-state index in [1.807, 2.05) is 112 Å². The van der Waals surface area contributed by atoms with E-state index in [2.05, 4.69) is 214 Å². The van der Waals surface area contributed by atoms with Crippen molar-refractivity contribution < 1.29 is 62.6 Å². The average molecular weight is 1430 g/mol. The molecule has 2 aromatic carbocycles. The lowest BCUT2D eigenvalue weighted by molar-refractivity contribution is -0.129. The van der Waals surface area contributed by atoms with Gasteiger partial charge in [0.25, 0.3) is 0 Å². The zero-order valence-corrected chi connectivity index (χ0v) is 70.1. The summed E-state index contributed by atoms with van der Waals surface area (Å²) in [6, 6.07) is 20.9. The highest BCUT2D eigenvalue weighted by Crippen LogP contribution is 2.07. The fraction of sp³-hybridized carbons (Fsp3) is 0.644. The van der Waals surface area contributed by atoms with Gasteiger partial charge < -0.3 is 128 Å². The molecule has 0 spiro atoms. The van der Waals surface area contributed by atoms with Crippen LogP contribution in [0, 0.1) is 29.6 Å². The van der Waals surface area contributed by atoms with Gasteiger partial charge in [-0.3, -0.25) is 4.79 Å². The number of amides is 1. The second-order valence-corrected chi connectivity index (χ2v) is 17.3. The average Bonchev–Trinajstić information content (AvgIpc) is 3.65. The number of carbonyl (C=O) groups is 12. The maximum absolute atomic E-state index is 10.7. The van der Waals surface area contributed by atoms with Crippen molar-refractivity contribution in [3.63, 3.8) is 0 Å². The molecule has 1 amide bonds. The Morgan fingerprint density at radius 1 is 0.388 bits per heavy atom. The number of nitrogens with two attached hydrogens (primary N) is 5. The van der Waals surface area contributed by atoms with Crippen molar-refractivity contribution in [1.82, 2.24) is 41.8 Å². The van der Waals surface area contributed by atoms with Gasteiger partial charge in [-0.2, -0.15) is 0 Å². The van der Waals surface area contributed by atoms with Crippen LogP contribution in [0.2, 0.25) is 0 Å². The summed E-state index contributed by atoms with van der Waals surface area (Å²) in [5.74, 6) is 4.60. The van der Waals surface area contributed by atoms with E-state index in [0.29, 0.717) is 0 Å². The third kappa shape index (κ3) is 556. The highest BCUT2D eigenvalue weighted by molar-refractivity contribution is 5.73. The summed E-state index contributed by atoms with van der Waals surface area (Å²) < 4.78 is 0. The van der Waals surface area contributed by atoms with E-state index < -0.39 is 0 Å². The fourth-order valence-electron chi connectivity index (χ4n) is 2.87. The molecule has 610 valence electrons. The molecule has 1 fully saturated rings. The molecule has 0 bridgehead atoms. The molecular formula is C73H180N12O13. The first kappa shape index (κ1) is 198. The topological polar surface area (TPSA) is 568 Å². The van der Waals surface area contributed by atoms with E-state index in [4.69, 9.17) is 57.8 Å². The predicted octanol–water partition coefficient (Wildman–Crippen LogP) is 15.6. The molecule has 0 unspecified atom stereocenters. The Kier molecular flexibility index (Phi) is 649. The van der Waals surface area contributed by atoms with Gasteiger partial charge in [0.1, 0.15) is 74.7 Å². The van der Waals surface area contributed by atoms with Crippen LogP contribution >= 0.6 is 0 Å². The summed E-state index contributed by atoms with van der Waals surface area (Å²) in [5, 5.41) is 8.06. The number of hydrogen-bond donors (Lipinski definition) is 12. The molecule has 29 N–H and O–H groups in total. The fourth-order valence-corrected chi connectivity index (χ4v) is 2.87. The number of carbonyl (C=O) groups excluding carboxylic acids is 12. The van der Waals surface area contributed by atoms with Crippen LogP contribution in [-0.2, 0) is 70.4 Å². The summed E-state index contributed by atoms with van der Waals surface area (Å²) in [6.45, 7) is 74.6. The van der Waals surface area contributed by atoms with Gasteiger partial charge in [0.15, 0.2) is 0 Å². The Morgan fingerprint density at radius 3 is 0.592 bits per heavy atom. The van der Waals surface area contributed by atoms with Crippen molar-refractivity contribution in [2.45, 2.75) is 236 Å². The van der Waals surface area contributed by atoms with Crippen molar-refractivity contribution in [2.75, 3.05) is 48.3 Å². The van der Waals surface area contributed by atoms with Gasteiger partial charge in [0.2, 0.25) is 5.91 Å². The van der Waals surface area contributed by atoms with Gasteiger partial charge >= 0.3 is 0 Å². The highest BCUT2D eigenvalue weighted by Gasteiger charge is 2.11. The second kappa shape index (κ2) is 321. The van der Waals surface area contributed by atoms with E-state index in [9.17, 15) is 4.79 Å². The lowest BCUT2D eigenvalue weighted by Gasteiger charge is -2.24. The van der Waals surface area contributed by atoms with Crippen molar-refractivity contribution >= 4 is 80.6 Å². The number of nitrogens with zero attached hydrogens (tertiary/aromatic N) is 1. The Labute approximate surface area is 609 Å². The van der Waals surface area contributed by atoms with Gasteiger partial charge in [-0.15, -0.1) is 0 Å². The predicted molar refractivity (Wildman–Crippen MR) is 442 cm³/mol. The van der Waals surface area contributed by atoms with Crippen LogP contribution in [0.15, 0.2) is 72.8 Å². The zero-order valence-electron chi connectivity index (χ0n) is 70.1. The normalized spacial score (nSPS) is 7.34.